The Morgan fingerprint density at radius 2 is 2.15 bits per heavy atom. The highest BCUT2D eigenvalue weighted by molar-refractivity contribution is 9.10. The Kier molecular flexibility index (Phi) is 4.45. The molecule has 1 aliphatic heterocycles. The fourth-order valence-electron chi connectivity index (χ4n) is 2.02. The molecular formula is C14H17BrN2O3. The van der Waals surface area contributed by atoms with Crippen LogP contribution in [0.15, 0.2) is 28.7 Å². The average molecular weight is 341 g/mol. The lowest BCUT2D eigenvalue weighted by Crippen LogP contribution is -2.64. The van der Waals surface area contributed by atoms with Crippen LogP contribution in [0, 0.1) is 0 Å². The number of carbonyl (C=O) groups is 2. The van der Waals surface area contributed by atoms with Gasteiger partial charge in [-0.1, -0.05) is 22.0 Å². The number of nitrogens with zero attached hydrogens (tertiary/aromatic N) is 1. The van der Waals surface area contributed by atoms with Crippen LogP contribution in [0.1, 0.15) is 13.8 Å². The van der Waals surface area contributed by atoms with E-state index in [9.17, 15) is 9.59 Å². The average Bonchev–Trinajstić information content (AvgIpc) is 2.36. The van der Waals surface area contributed by atoms with Gasteiger partial charge in [0.15, 0.2) is 0 Å². The van der Waals surface area contributed by atoms with Crippen molar-refractivity contribution in [3.05, 3.63) is 28.7 Å². The standard InChI is InChI=1S/C14H17BrN2O3/c1-14(2)13(19)16-12(18)9-17(14)6-7-20-11-5-3-4-10(15)8-11/h3-5,8H,6-7,9H2,1-2H3,(H,16,18,19). The Morgan fingerprint density at radius 3 is 2.85 bits per heavy atom. The van der Waals surface area contributed by atoms with Crippen LogP contribution in [-0.4, -0.2) is 41.9 Å². The molecule has 108 valence electrons. The minimum atomic E-state index is -0.700. The van der Waals surface area contributed by atoms with Gasteiger partial charge in [0.1, 0.15) is 12.4 Å². The monoisotopic (exact) mass is 340 g/mol. The third-order valence-electron chi connectivity index (χ3n) is 3.36. The molecule has 5 nitrogen and oxygen atoms in total. The third kappa shape index (κ3) is 3.37. The highest BCUT2D eigenvalue weighted by atomic mass is 79.9. The molecule has 0 unspecified atom stereocenters. The fraction of sp³-hybridized carbons (Fsp3) is 0.429. The Labute approximate surface area is 126 Å². The third-order valence-corrected chi connectivity index (χ3v) is 3.85. The van der Waals surface area contributed by atoms with Crippen molar-refractivity contribution in [3.8, 4) is 5.75 Å². The smallest absolute Gasteiger partial charge is 0.246 e. The molecule has 2 rings (SSSR count). The number of nitrogens with one attached hydrogen (secondary N) is 1. The number of carbonyl (C=O) groups excluding carboxylic acids is 2. The van der Waals surface area contributed by atoms with Gasteiger partial charge < -0.3 is 4.74 Å². The van der Waals surface area contributed by atoms with Crippen molar-refractivity contribution in [2.24, 2.45) is 0 Å². The molecule has 2 amide bonds. The number of hydrogen-bond acceptors (Lipinski definition) is 4. The van der Waals surface area contributed by atoms with Crippen molar-refractivity contribution >= 4 is 27.7 Å². The Hall–Kier alpha value is -1.40. The topological polar surface area (TPSA) is 58.6 Å². The Bertz CT molecular complexity index is 531. The van der Waals surface area contributed by atoms with Gasteiger partial charge in [-0.05, 0) is 32.0 Å². The van der Waals surface area contributed by atoms with Gasteiger partial charge in [-0.2, -0.15) is 0 Å². The lowest BCUT2D eigenvalue weighted by Gasteiger charge is -2.39. The van der Waals surface area contributed by atoms with Crippen molar-refractivity contribution < 1.29 is 14.3 Å². The van der Waals surface area contributed by atoms with Gasteiger partial charge in [-0.3, -0.25) is 19.8 Å². The molecule has 1 saturated heterocycles. The molecule has 0 spiro atoms. The van der Waals surface area contributed by atoms with Crippen LogP contribution in [0.2, 0.25) is 0 Å². The van der Waals surface area contributed by atoms with E-state index in [1.165, 1.54) is 0 Å². The van der Waals surface area contributed by atoms with Gasteiger partial charge in [-0.15, -0.1) is 0 Å². The largest absolute Gasteiger partial charge is 0.492 e. The highest BCUT2D eigenvalue weighted by Gasteiger charge is 2.40. The van der Waals surface area contributed by atoms with Crippen LogP contribution in [0.5, 0.6) is 5.75 Å². The number of hydrogen-bond donors (Lipinski definition) is 1. The summed E-state index contributed by atoms with van der Waals surface area (Å²) in [5.74, 6) is 0.220. The van der Waals surface area contributed by atoms with Crippen molar-refractivity contribution in [1.82, 2.24) is 10.2 Å². The van der Waals surface area contributed by atoms with Crippen molar-refractivity contribution in [3.63, 3.8) is 0 Å². The molecule has 1 fully saturated rings. The first-order valence-corrected chi connectivity index (χ1v) is 7.16. The van der Waals surface area contributed by atoms with Gasteiger partial charge in [0.25, 0.3) is 0 Å². The number of ether oxygens (including phenoxy) is 1. The number of amides is 2. The Balaban J connectivity index is 1.92. The second-order valence-electron chi connectivity index (χ2n) is 5.16. The number of rotatable bonds is 4. The number of imide groups is 1. The highest BCUT2D eigenvalue weighted by Crippen LogP contribution is 2.20. The predicted molar refractivity (Wildman–Crippen MR) is 78.4 cm³/mol. The first kappa shape index (κ1) is 15.0. The predicted octanol–water partition coefficient (Wildman–Crippen LogP) is 1.56. The molecule has 1 heterocycles. The number of piperazine rings is 1. The van der Waals surface area contributed by atoms with E-state index in [0.717, 1.165) is 10.2 Å². The zero-order chi connectivity index (χ0) is 14.8. The van der Waals surface area contributed by atoms with E-state index in [0.29, 0.717) is 13.2 Å². The number of halogens is 1. The quantitative estimate of drug-likeness (QED) is 0.845. The minimum absolute atomic E-state index is 0.209. The maximum absolute atomic E-state index is 11.8. The summed E-state index contributed by atoms with van der Waals surface area (Å²) in [7, 11) is 0. The lowest BCUT2D eigenvalue weighted by atomic mass is 9.99. The summed E-state index contributed by atoms with van der Waals surface area (Å²) >= 11 is 3.38. The zero-order valence-electron chi connectivity index (χ0n) is 11.5. The van der Waals surface area contributed by atoms with E-state index >= 15 is 0 Å². The van der Waals surface area contributed by atoms with Gasteiger partial charge >= 0.3 is 0 Å². The molecular weight excluding hydrogens is 324 g/mol. The first-order valence-electron chi connectivity index (χ1n) is 6.37. The second kappa shape index (κ2) is 5.93. The van der Waals surface area contributed by atoms with E-state index in [1.54, 1.807) is 13.8 Å². The molecule has 0 aromatic heterocycles. The molecule has 1 N–H and O–H groups in total. The maximum Gasteiger partial charge on any atom is 0.246 e. The molecule has 1 aromatic carbocycles. The second-order valence-corrected chi connectivity index (χ2v) is 6.08. The molecule has 0 bridgehead atoms. The van der Waals surface area contributed by atoms with Crippen LogP contribution in [0.25, 0.3) is 0 Å². The molecule has 0 saturated carbocycles. The molecule has 1 aromatic rings. The lowest BCUT2D eigenvalue weighted by molar-refractivity contribution is -0.145. The van der Waals surface area contributed by atoms with Crippen LogP contribution in [0.3, 0.4) is 0 Å². The summed E-state index contributed by atoms with van der Waals surface area (Å²) in [5.41, 5.74) is -0.700. The van der Waals surface area contributed by atoms with Crippen LogP contribution in [-0.2, 0) is 9.59 Å². The van der Waals surface area contributed by atoms with Gasteiger partial charge in [0, 0.05) is 11.0 Å². The minimum Gasteiger partial charge on any atom is -0.492 e. The van der Waals surface area contributed by atoms with Gasteiger partial charge in [0.2, 0.25) is 11.8 Å². The van der Waals surface area contributed by atoms with Crippen LogP contribution >= 0.6 is 15.9 Å². The van der Waals surface area contributed by atoms with Gasteiger partial charge in [-0.25, -0.2) is 0 Å². The summed E-state index contributed by atoms with van der Waals surface area (Å²) in [5, 5.41) is 2.35. The van der Waals surface area contributed by atoms with E-state index in [-0.39, 0.29) is 18.4 Å². The first-order chi connectivity index (χ1) is 9.39. The summed E-state index contributed by atoms with van der Waals surface area (Å²) < 4.78 is 6.59. The molecule has 20 heavy (non-hydrogen) atoms. The van der Waals surface area contributed by atoms with Crippen molar-refractivity contribution in [2.45, 2.75) is 19.4 Å². The molecule has 0 aliphatic carbocycles. The fourth-order valence-corrected chi connectivity index (χ4v) is 2.40. The van der Waals surface area contributed by atoms with Gasteiger partial charge in [0.05, 0.1) is 12.1 Å². The summed E-state index contributed by atoms with van der Waals surface area (Å²) in [6, 6.07) is 7.55. The molecule has 6 heteroatoms. The van der Waals surface area contributed by atoms with Crippen molar-refractivity contribution in [1.29, 1.82) is 0 Å². The van der Waals surface area contributed by atoms with E-state index in [1.807, 2.05) is 29.2 Å². The summed E-state index contributed by atoms with van der Waals surface area (Å²) in [6.45, 7) is 4.74. The SMILES string of the molecule is CC1(C)C(=O)NC(=O)CN1CCOc1cccc(Br)c1. The summed E-state index contributed by atoms with van der Waals surface area (Å²) in [4.78, 5) is 25.0. The normalized spacial score (nSPS) is 18.8. The van der Waals surface area contributed by atoms with Crippen LogP contribution < -0.4 is 10.1 Å². The zero-order valence-corrected chi connectivity index (χ0v) is 13.1. The Morgan fingerprint density at radius 1 is 1.40 bits per heavy atom. The molecule has 0 radical (unpaired) electrons. The van der Waals surface area contributed by atoms with Crippen LogP contribution in [0.4, 0.5) is 0 Å². The van der Waals surface area contributed by atoms with E-state index in [2.05, 4.69) is 21.2 Å². The maximum atomic E-state index is 11.8. The molecule has 0 atom stereocenters. The summed E-state index contributed by atoms with van der Waals surface area (Å²) in [6.07, 6.45) is 0. The number of benzene rings is 1. The molecule has 1 aliphatic rings. The van der Waals surface area contributed by atoms with Crippen molar-refractivity contribution in [2.75, 3.05) is 19.7 Å². The van der Waals surface area contributed by atoms with E-state index in [4.69, 9.17) is 4.74 Å². The van der Waals surface area contributed by atoms with E-state index < -0.39 is 5.54 Å².